The van der Waals surface area contributed by atoms with Crippen molar-refractivity contribution < 1.29 is 17.6 Å². The molecule has 28 heavy (non-hydrogen) atoms. The molecule has 1 fully saturated rings. The van der Waals surface area contributed by atoms with E-state index in [1.165, 1.54) is 15.3 Å². The maximum absolute atomic E-state index is 13.3. The zero-order valence-corrected chi connectivity index (χ0v) is 17.3. The van der Waals surface area contributed by atoms with Crippen molar-refractivity contribution in [3.63, 3.8) is 0 Å². The van der Waals surface area contributed by atoms with Gasteiger partial charge in [-0.2, -0.15) is 0 Å². The summed E-state index contributed by atoms with van der Waals surface area (Å²) in [4.78, 5) is 14.1. The zero-order valence-electron chi connectivity index (χ0n) is 16.5. The highest BCUT2D eigenvalue weighted by Gasteiger charge is 2.38. The Balaban J connectivity index is 1.96. The summed E-state index contributed by atoms with van der Waals surface area (Å²) in [5.74, 6) is 0.285. The number of carbonyl (C=O) groups is 1. The van der Waals surface area contributed by atoms with Crippen molar-refractivity contribution in [1.82, 2.24) is 15.8 Å². The van der Waals surface area contributed by atoms with E-state index in [9.17, 15) is 13.2 Å². The smallest absolute Gasteiger partial charge is 0.267 e. The summed E-state index contributed by atoms with van der Waals surface area (Å²) < 4.78 is 33.7. The molecule has 1 saturated heterocycles. The van der Waals surface area contributed by atoms with E-state index in [0.717, 1.165) is 0 Å². The van der Waals surface area contributed by atoms with E-state index in [1.54, 1.807) is 52.2 Å². The second-order valence-corrected chi connectivity index (χ2v) is 8.75. The molecule has 2 aromatic rings. The van der Waals surface area contributed by atoms with E-state index >= 15 is 0 Å². The lowest BCUT2D eigenvalue weighted by Gasteiger charge is -2.22. The second kappa shape index (κ2) is 7.94. The van der Waals surface area contributed by atoms with Crippen molar-refractivity contribution in [3.8, 4) is 0 Å². The van der Waals surface area contributed by atoms with Crippen molar-refractivity contribution >= 4 is 21.6 Å². The predicted molar refractivity (Wildman–Crippen MR) is 106 cm³/mol. The molecule has 0 radical (unpaired) electrons. The Bertz CT molecular complexity index is 940. The van der Waals surface area contributed by atoms with Crippen LogP contribution in [0.2, 0.25) is 0 Å². The van der Waals surface area contributed by atoms with Crippen LogP contribution in [0.5, 0.6) is 0 Å². The minimum Gasteiger partial charge on any atom is -0.463 e. The molecule has 0 saturated carbocycles. The molecule has 1 aliphatic heterocycles. The number of amides is 1. The van der Waals surface area contributed by atoms with Crippen molar-refractivity contribution in [1.29, 1.82) is 0 Å². The minimum atomic E-state index is -3.80. The fourth-order valence-electron chi connectivity index (χ4n) is 3.43. The maximum Gasteiger partial charge on any atom is 0.267 e. The first-order chi connectivity index (χ1) is 13.3. The van der Waals surface area contributed by atoms with Crippen LogP contribution in [0.25, 0.3) is 0 Å². The molecule has 1 amide bonds. The zero-order chi connectivity index (χ0) is 20.5. The van der Waals surface area contributed by atoms with Gasteiger partial charge in [-0.1, -0.05) is 18.2 Å². The van der Waals surface area contributed by atoms with Crippen LogP contribution in [0.4, 0.5) is 5.69 Å². The molecule has 8 nitrogen and oxygen atoms in total. The van der Waals surface area contributed by atoms with Gasteiger partial charge in [-0.05, 0) is 26.0 Å². The number of hydrazine groups is 1. The number of nitrogens with zero attached hydrogens (tertiary/aromatic N) is 2. The van der Waals surface area contributed by atoms with E-state index in [2.05, 4.69) is 10.9 Å². The van der Waals surface area contributed by atoms with Crippen LogP contribution in [0.1, 0.15) is 24.5 Å². The van der Waals surface area contributed by atoms with E-state index in [4.69, 9.17) is 4.42 Å². The molecule has 1 aromatic carbocycles. The van der Waals surface area contributed by atoms with E-state index < -0.39 is 16.1 Å². The Hall–Kier alpha value is -2.36. The number of benzene rings is 1. The summed E-state index contributed by atoms with van der Waals surface area (Å²) in [6, 6.07) is 10.0. The third-order valence-corrected chi connectivity index (χ3v) is 6.85. The number of rotatable bonds is 6. The van der Waals surface area contributed by atoms with Crippen LogP contribution in [-0.2, 0) is 14.8 Å². The quantitative estimate of drug-likeness (QED) is 0.758. The molecular formula is C19H26N4O4S. The van der Waals surface area contributed by atoms with Gasteiger partial charge in [-0.3, -0.25) is 14.5 Å². The number of furan rings is 1. The number of carbonyl (C=O) groups excluding carboxylic acids is 1. The fourth-order valence-corrected chi connectivity index (χ4v) is 5.08. The maximum atomic E-state index is 13.3. The molecule has 2 heterocycles. The van der Waals surface area contributed by atoms with Crippen molar-refractivity contribution in [2.24, 2.45) is 5.92 Å². The summed E-state index contributed by atoms with van der Waals surface area (Å²) >= 11 is 0. The van der Waals surface area contributed by atoms with Crippen molar-refractivity contribution in [2.45, 2.75) is 24.8 Å². The topological polar surface area (TPSA) is 94.9 Å². The van der Waals surface area contributed by atoms with Gasteiger partial charge in [0.15, 0.2) is 0 Å². The average Bonchev–Trinajstić information content (AvgIpc) is 3.29. The lowest BCUT2D eigenvalue weighted by molar-refractivity contribution is -0.133. The second-order valence-electron chi connectivity index (χ2n) is 6.92. The molecule has 1 aromatic heterocycles. The standard InChI is InChI=1S/C19H26N4O4S/c1-5-23(14-9-7-6-8-10-14)28(25,26)17-11-16(27-13(17)2)18-15(12-20-21-18)19(24)22(3)4/h6-11,15,18,20-21H,5,12H2,1-4H3. The van der Waals surface area contributed by atoms with Gasteiger partial charge < -0.3 is 9.32 Å². The van der Waals surface area contributed by atoms with Crippen LogP contribution < -0.4 is 15.2 Å². The molecule has 152 valence electrons. The number of sulfonamides is 1. The lowest BCUT2D eigenvalue weighted by Crippen LogP contribution is -2.34. The fraction of sp³-hybridized carbons (Fsp3) is 0.421. The number of anilines is 1. The molecule has 0 spiro atoms. The molecule has 2 unspecified atom stereocenters. The van der Waals surface area contributed by atoms with Gasteiger partial charge >= 0.3 is 0 Å². The normalized spacial score (nSPS) is 19.6. The monoisotopic (exact) mass is 406 g/mol. The van der Waals surface area contributed by atoms with Crippen molar-refractivity contribution in [2.75, 3.05) is 31.5 Å². The first kappa shape index (κ1) is 20.4. The van der Waals surface area contributed by atoms with E-state index in [1.807, 2.05) is 6.07 Å². The Morgan fingerprint density at radius 3 is 2.54 bits per heavy atom. The van der Waals surface area contributed by atoms with Gasteiger partial charge in [-0.25, -0.2) is 13.8 Å². The molecular weight excluding hydrogens is 380 g/mol. The first-order valence-electron chi connectivity index (χ1n) is 9.15. The third-order valence-electron chi connectivity index (χ3n) is 4.84. The van der Waals surface area contributed by atoms with E-state index in [-0.39, 0.29) is 23.3 Å². The molecule has 2 atom stereocenters. The van der Waals surface area contributed by atoms with Crippen LogP contribution >= 0.6 is 0 Å². The molecule has 2 N–H and O–H groups in total. The number of aryl methyl sites for hydroxylation is 1. The largest absolute Gasteiger partial charge is 0.463 e. The Morgan fingerprint density at radius 1 is 1.25 bits per heavy atom. The highest BCUT2D eigenvalue weighted by Crippen LogP contribution is 2.33. The van der Waals surface area contributed by atoms with Crippen LogP contribution in [0.3, 0.4) is 0 Å². The van der Waals surface area contributed by atoms with Gasteiger partial charge in [0.1, 0.15) is 16.4 Å². The molecule has 0 aliphatic carbocycles. The summed E-state index contributed by atoms with van der Waals surface area (Å²) in [6.45, 7) is 4.14. The highest BCUT2D eigenvalue weighted by molar-refractivity contribution is 7.92. The summed E-state index contributed by atoms with van der Waals surface area (Å²) in [5, 5.41) is 0. The molecule has 1 aliphatic rings. The summed E-state index contributed by atoms with van der Waals surface area (Å²) in [5.41, 5.74) is 6.58. The van der Waals surface area contributed by atoms with Crippen LogP contribution in [0.15, 0.2) is 45.7 Å². The SMILES string of the molecule is CCN(c1ccccc1)S(=O)(=O)c1cc(C2NNCC2C(=O)N(C)C)oc1C. The van der Waals surface area contributed by atoms with Crippen LogP contribution in [-0.4, -0.2) is 46.4 Å². The first-order valence-corrected chi connectivity index (χ1v) is 10.6. The van der Waals surface area contributed by atoms with Gasteiger partial charge in [-0.15, -0.1) is 0 Å². The minimum absolute atomic E-state index is 0.0552. The predicted octanol–water partition coefficient (Wildman–Crippen LogP) is 1.66. The number of para-hydroxylation sites is 1. The summed E-state index contributed by atoms with van der Waals surface area (Å²) in [6.07, 6.45) is 0. The number of hydrogen-bond donors (Lipinski definition) is 2. The van der Waals surface area contributed by atoms with Gasteiger partial charge in [0.2, 0.25) is 5.91 Å². The third kappa shape index (κ3) is 3.65. The van der Waals surface area contributed by atoms with Gasteiger partial charge in [0.05, 0.1) is 17.6 Å². The Labute approximate surface area is 165 Å². The Kier molecular flexibility index (Phi) is 5.78. The molecule has 0 bridgehead atoms. The number of nitrogens with one attached hydrogen (secondary N) is 2. The highest BCUT2D eigenvalue weighted by atomic mass is 32.2. The average molecular weight is 407 g/mol. The van der Waals surface area contributed by atoms with Crippen molar-refractivity contribution in [3.05, 3.63) is 47.9 Å². The Morgan fingerprint density at radius 2 is 1.93 bits per heavy atom. The summed E-state index contributed by atoms with van der Waals surface area (Å²) in [7, 11) is -0.413. The van der Waals surface area contributed by atoms with Crippen LogP contribution in [0, 0.1) is 12.8 Å². The van der Waals surface area contributed by atoms with Gasteiger partial charge in [0.25, 0.3) is 10.0 Å². The number of hydrogen-bond acceptors (Lipinski definition) is 6. The van der Waals surface area contributed by atoms with E-state index in [0.29, 0.717) is 23.8 Å². The van der Waals surface area contributed by atoms with Gasteiger partial charge in [0, 0.05) is 33.3 Å². The lowest BCUT2D eigenvalue weighted by atomic mass is 9.98. The molecule has 9 heteroatoms. The molecule has 3 rings (SSSR count).